The first-order chi connectivity index (χ1) is 37.2. The lowest BCUT2D eigenvalue weighted by Crippen LogP contribution is -2.64. The molecule has 430 valence electrons. The van der Waals surface area contributed by atoms with Gasteiger partial charge >= 0.3 is 11.7 Å². The molecular formula is C49H61O29+. The van der Waals surface area contributed by atoms with E-state index in [0.29, 0.717) is 5.56 Å². The van der Waals surface area contributed by atoms with Gasteiger partial charge in [0.05, 0.1) is 44.1 Å². The van der Waals surface area contributed by atoms with E-state index in [2.05, 4.69) is 4.74 Å². The zero-order valence-electron chi connectivity index (χ0n) is 40.8. The quantitative estimate of drug-likeness (QED) is 0.0303. The summed E-state index contributed by atoms with van der Waals surface area (Å²) in [5, 5.41) is 179. The minimum atomic E-state index is -2.13. The van der Waals surface area contributed by atoms with Crippen LogP contribution in [0, 0.1) is 0 Å². The molecule has 0 saturated carbocycles. The lowest BCUT2D eigenvalue weighted by molar-refractivity contribution is -0.363. The third-order valence-electron chi connectivity index (χ3n) is 13.4. The average molecular weight is 1110 g/mol. The van der Waals surface area contributed by atoms with Crippen molar-refractivity contribution in [2.24, 2.45) is 0 Å². The van der Waals surface area contributed by atoms with Gasteiger partial charge in [0.15, 0.2) is 35.4 Å². The van der Waals surface area contributed by atoms with E-state index < -0.39 is 179 Å². The standard InChI is InChI=1S/C49H60O29/c1-68-26-8-17(2-6-23(26)71-46-41(65)37(61)33(57)28(13-50)74-46)3-7-32(56)69-16-31-36(60)40(64)45(78-48-43(67)39(63)35(59)30(15-52)76-48)49(77-31)73-27-12-20-24(70-44(27)18-4-5-21(54)22(55)9-18)10-19(53)11-25(20)72-47-42(66)38(62)34(58)29(14-51)75-47/h2-12,24,28-31,33-43,45-55,57-67H,13-16H2,1H3/p+1. The first kappa shape index (κ1) is 58.4. The highest BCUT2D eigenvalue weighted by atomic mass is 16.8. The number of aliphatic hydroxyl groups excluding tert-OH is 15. The molecule has 78 heavy (non-hydrogen) atoms. The number of phenols is 2. The van der Waals surface area contributed by atoms with Crippen LogP contribution in [0.2, 0.25) is 0 Å². The van der Waals surface area contributed by atoms with Gasteiger partial charge in [-0.1, -0.05) is 6.07 Å². The zero-order chi connectivity index (χ0) is 56.4. The Morgan fingerprint density at radius 2 is 1.15 bits per heavy atom. The maximum atomic E-state index is 13.2. The van der Waals surface area contributed by atoms with Gasteiger partial charge < -0.3 is 139 Å². The molecule has 1 aliphatic carbocycles. The highest BCUT2D eigenvalue weighted by Gasteiger charge is 2.53. The summed E-state index contributed by atoms with van der Waals surface area (Å²) in [6.07, 6.45) is -31.3. The number of rotatable bonds is 17. The van der Waals surface area contributed by atoms with Crippen molar-refractivity contribution >= 4 is 17.8 Å². The number of fused-ring (bicyclic) bond motifs is 1. The van der Waals surface area contributed by atoms with Gasteiger partial charge in [0.1, 0.15) is 110 Å². The van der Waals surface area contributed by atoms with Crippen LogP contribution in [0.5, 0.6) is 23.0 Å². The molecule has 5 heterocycles. The number of allylic oxidation sites excluding steroid dienone is 2. The highest BCUT2D eigenvalue weighted by Crippen LogP contribution is 2.41. The Hall–Kier alpha value is -5.75. The van der Waals surface area contributed by atoms with Gasteiger partial charge in [-0.05, 0) is 35.9 Å². The number of phenolic OH excluding ortho intramolecular Hbond substituents is 2. The Labute approximate surface area is 440 Å². The van der Waals surface area contributed by atoms with Crippen LogP contribution in [0.3, 0.4) is 0 Å². The summed E-state index contributed by atoms with van der Waals surface area (Å²) in [7, 11) is 1.28. The summed E-state index contributed by atoms with van der Waals surface area (Å²) < 4.78 is 61.9. The Balaban J connectivity index is 1.07. The maximum absolute atomic E-state index is 13.2. The molecular weight excluding hydrogens is 1050 g/mol. The second-order valence-electron chi connectivity index (χ2n) is 18.6. The summed E-state index contributed by atoms with van der Waals surface area (Å²) in [6.45, 7) is -3.23. The molecule has 29 nitrogen and oxygen atoms in total. The van der Waals surface area contributed by atoms with Crippen LogP contribution in [0.25, 0.3) is 11.8 Å². The molecule has 2 aromatic carbocycles. The second kappa shape index (κ2) is 24.7. The Kier molecular flexibility index (Phi) is 18.5. The molecule has 2 aromatic rings. The van der Waals surface area contributed by atoms with Gasteiger partial charge in [-0.2, -0.15) is 0 Å². The summed E-state index contributed by atoms with van der Waals surface area (Å²) >= 11 is 0. The fourth-order valence-electron chi connectivity index (χ4n) is 9.00. The van der Waals surface area contributed by atoms with Crippen LogP contribution in [0.15, 0.2) is 83.6 Å². The Morgan fingerprint density at radius 1 is 0.590 bits per heavy atom. The molecule has 18 N–H and O–H groups in total. The Bertz CT molecular complexity index is 2580. The summed E-state index contributed by atoms with van der Waals surface area (Å²) in [6, 6.07) is 7.67. The van der Waals surface area contributed by atoms with Crippen LogP contribution in [-0.4, -0.2) is 260 Å². The Morgan fingerprint density at radius 3 is 1.74 bits per heavy atom. The van der Waals surface area contributed by atoms with Crippen molar-refractivity contribution in [1.82, 2.24) is 0 Å². The fraction of sp³-hybridized carbons (Fsp3) is 0.531. The number of aliphatic hydroxyl groups is 17. The van der Waals surface area contributed by atoms with Crippen LogP contribution in [0.1, 0.15) is 11.1 Å². The molecule has 0 bridgehead atoms. The zero-order valence-corrected chi connectivity index (χ0v) is 40.8. The number of aromatic hydroxyl groups is 2. The van der Waals surface area contributed by atoms with Gasteiger partial charge in [0, 0.05) is 24.3 Å². The predicted molar refractivity (Wildman–Crippen MR) is 252 cm³/mol. The van der Waals surface area contributed by atoms with Crippen molar-refractivity contribution in [3.05, 3.63) is 94.7 Å². The minimum Gasteiger partial charge on any atom is -0.571 e. The highest BCUT2D eigenvalue weighted by molar-refractivity contribution is 5.87. The molecule has 0 aromatic heterocycles. The number of carbonyl (C=O) groups is 1. The summed E-state index contributed by atoms with van der Waals surface area (Å²) in [4.78, 5) is 13.2. The number of hydrogen-bond acceptors (Lipinski definition) is 28. The SMILES string of the molecule is COc1cc(C=CC(=O)OCC2OC(OC3=C(c4ccc(O)c(O)c4)[OH+]C4C=C(O)C=C(OC5OC(CO)C(O)C(O)C5O)C4=C3)C(OC3OC(CO)C(O)C(O)C3O)C(O)C2O)ccc1OC1OC(CO)C(O)C(O)C1O. The molecule has 29 heteroatoms. The normalized spacial score (nSPS) is 38.0. The first-order valence-corrected chi connectivity index (χ1v) is 24.1. The first-order valence-electron chi connectivity index (χ1n) is 24.1. The van der Waals surface area contributed by atoms with Crippen molar-refractivity contribution < 1.29 is 144 Å². The average Bonchev–Trinajstić information content (AvgIpc) is 3.54. The van der Waals surface area contributed by atoms with Crippen LogP contribution in [0.4, 0.5) is 0 Å². The van der Waals surface area contributed by atoms with Gasteiger partial charge in [-0.15, -0.1) is 0 Å². The number of esters is 1. The molecule has 8 rings (SSSR count). The molecule has 0 amide bonds. The molecule has 21 atom stereocenters. The smallest absolute Gasteiger partial charge is 0.330 e. The third-order valence-corrected chi connectivity index (χ3v) is 13.4. The van der Waals surface area contributed by atoms with Gasteiger partial charge in [-0.25, -0.2) is 4.79 Å². The monoisotopic (exact) mass is 1110 g/mol. The number of benzene rings is 2. The van der Waals surface area contributed by atoms with Crippen molar-refractivity contribution in [2.45, 2.75) is 129 Å². The minimum absolute atomic E-state index is 0.00986. The van der Waals surface area contributed by atoms with Gasteiger partial charge in [-0.3, -0.25) is 0 Å². The number of ether oxygens (including phenoxy) is 11. The van der Waals surface area contributed by atoms with Crippen LogP contribution >= 0.6 is 0 Å². The van der Waals surface area contributed by atoms with E-state index in [1.807, 2.05) is 0 Å². The second-order valence-corrected chi connectivity index (χ2v) is 18.6. The van der Waals surface area contributed by atoms with E-state index in [-0.39, 0.29) is 39.9 Å². The van der Waals surface area contributed by atoms with E-state index >= 15 is 0 Å². The van der Waals surface area contributed by atoms with E-state index in [9.17, 15) is 91.6 Å². The predicted octanol–water partition coefficient (Wildman–Crippen LogP) is -6.15. The number of carbonyl (C=O) groups excluding carboxylic acids is 1. The van der Waals surface area contributed by atoms with E-state index in [1.54, 1.807) is 0 Å². The van der Waals surface area contributed by atoms with Crippen molar-refractivity contribution in [2.75, 3.05) is 33.5 Å². The van der Waals surface area contributed by atoms with E-state index in [1.165, 1.54) is 49.6 Å². The third kappa shape index (κ3) is 12.2. The van der Waals surface area contributed by atoms with E-state index in [4.69, 9.17) is 47.4 Å². The van der Waals surface area contributed by atoms with Gasteiger partial charge in [0.2, 0.25) is 30.7 Å². The molecule has 0 radical (unpaired) electrons. The molecule has 6 aliphatic rings. The lowest BCUT2D eigenvalue weighted by Gasteiger charge is -2.46. The van der Waals surface area contributed by atoms with Crippen LogP contribution < -0.4 is 9.47 Å². The van der Waals surface area contributed by atoms with Gasteiger partial charge in [0.25, 0.3) is 0 Å². The molecule has 0 spiro atoms. The molecule has 5 aliphatic heterocycles. The largest absolute Gasteiger partial charge is 0.571 e. The molecule has 4 fully saturated rings. The number of hydrogen-bond donors (Lipinski definition) is 17. The number of methoxy groups -OCH3 is 1. The fourth-order valence-corrected chi connectivity index (χ4v) is 9.00. The maximum Gasteiger partial charge on any atom is 0.330 e. The summed E-state index contributed by atoms with van der Waals surface area (Å²) in [5.74, 6) is -3.45. The van der Waals surface area contributed by atoms with Crippen molar-refractivity contribution in [3.8, 4) is 23.0 Å². The topological polar surface area (TPSA) is 466 Å². The summed E-state index contributed by atoms with van der Waals surface area (Å²) in [5.41, 5.74) is 0.361. The lowest BCUT2D eigenvalue weighted by atomic mass is 9.95. The van der Waals surface area contributed by atoms with E-state index in [0.717, 1.165) is 24.3 Å². The molecule has 4 saturated heterocycles. The molecule has 21 unspecified atom stereocenters. The van der Waals surface area contributed by atoms with Crippen LogP contribution in [-0.2, 0) is 42.7 Å². The van der Waals surface area contributed by atoms with Crippen molar-refractivity contribution in [3.63, 3.8) is 0 Å². The van der Waals surface area contributed by atoms with Crippen molar-refractivity contribution in [1.29, 1.82) is 0 Å².